The molecule has 0 bridgehead atoms. The zero-order chi connectivity index (χ0) is 14.5. The van der Waals surface area contributed by atoms with Crippen molar-refractivity contribution in [3.05, 3.63) is 58.7 Å². The van der Waals surface area contributed by atoms with Crippen LogP contribution in [0.1, 0.15) is 22.3 Å². The number of aryl methyl sites for hydroxylation is 3. The van der Waals surface area contributed by atoms with Crippen LogP contribution in [0.25, 0.3) is 11.1 Å². The van der Waals surface area contributed by atoms with Gasteiger partial charge in [-0.05, 0) is 48.6 Å². The highest BCUT2D eigenvalue weighted by Gasteiger charge is 2.06. The van der Waals surface area contributed by atoms with Gasteiger partial charge in [-0.3, -0.25) is 0 Å². The third-order valence-electron chi connectivity index (χ3n) is 3.45. The van der Waals surface area contributed by atoms with Crippen LogP contribution in [0, 0.1) is 20.8 Å². The Balaban J connectivity index is 2.22. The van der Waals surface area contributed by atoms with Crippen LogP contribution in [0.15, 0.2) is 36.4 Å². The lowest BCUT2D eigenvalue weighted by Gasteiger charge is -2.12. The molecule has 2 aromatic rings. The van der Waals surface area contributed by atoms with Crippen molar-refractivity contribution in [2.45, 2.75) is 27.4 Å². The van der Waals surface area contributed by atoms with Gasteiger partial charge in [-0.2, -0.15) is 0 Å². The summed E-state index contributed by atoms with van der Waals surface area (Å²) in [5.74, 6) is 0. The van der Waals surface area contributed by atoms with Crippen molar-refractivity contribution >= 4 is 0 Å². The first-order valence-electron chi connectivity index (χ1n) is 7.07. The SMILES string of the molecule is Cc1cc(C)c(-c2ccc(COCCN)cc2)c(C)c1. The van der Waals surface area contributed by atoms with E-state index in [0.29, 0.717) is 19.8 Å². The molecule has 0 spiro atoms. The number of rotatable bonds is 5. The summed E-state index contributed by atoms with van der Waals surface area (Å²) in [6, 6.07) is 13.1. The average Bonchev–Trinajstić information content (AvgIpc) is 2.39. The van der Waals surface area contributed by atoms with Crippen LogP contribution >= 0.6 is 0 Å². The molecule has 0 aliphatic carbocycles. The summed E-state index contributed by atoms with van der Waals surface area (Å²) in [7, 11) is 0. The second-order valence-electron chi connectivity index (χ2n) is 5.31. The molecule has 0 amide bonds. The highest BCUT2D eigenvalue weighted by molar-refractivity contribution is 5.71. The van der Waals surface area contributed by atoms with Gasteiger partial charge < -0.3 is 10.5 Å². The van der Waals surface area contributed by atoms with Crippen molar-refractivity contribution in [1.82, 2.24) is 0 Å². The largest absolute Gasteiger partial charge is 0.375 e. The fourth-order valence-electron chi connectivity index (χ4n) is 2.68. The number of hydrogen-bond acceptors (Lipinski definition) is 2. The summed E-state index contributed by atoms with van der Waals surface area (Å²) >= 11 is 0. The van der Waals surface area contributed by atoms with E-state index in [1.807, 2.05) is 0 Å². The molecule has 0 unspecified atom stereocenters. The molecule has 2 N–H and O–H groups in total. The standard InChI is InChI=1S/C18H23NO/c1-13-10-14(2)18(15(3)11-13)17-6-4-16(5-7-17)12-20-9-8-19/h4-7,10-11H,8-9,12,19H2,1-3H3. The Morgan fingerprint density at radius 2 is 1.55 bits per heavy atom. The van der Waals surface area contributed by atoms with E-state index in [9.17, 15) is 0 Å². The van der Waals surface area contributed by atoms with Crippen LogP contribution < -0.4 is 5.73 Å². The van der Waals surface area contributed by atoms with E-state index in [4.69, 9.17) is 10.5 Å². The van der Waals surface area contributed by atoms with Crippen LogP contribution in [0.4, 0.5) is 0 Å². The molecule has 2 nitrogen and oxygen atoms in total. The van der Waals surface area contributed by atoms with Crippen LogP contribution in [0.2, 0.25) is 0 Å². The number of benzene rings is 2. The van der Waals surface area contributed by atoms with Crippen LogP contribution in [-0.2, 0) is 11.3 Å². The van der Waals surface area contributed by atoms with Crippen molar-refractivity contribution in [2.24, 2.45) is 5.73 Å². The smallest absolute Gasteiger partial charge is 0.0717 e. The van der Waals surface area contributed by atoms with Crippen molar-refractivity contribution in [3.63, 3.8) is 0 Å². The number of hydrogen-bond donors (Lipinski definition) is 1. The van der Waals surface area contributed by atoms with Gasteiger partial charge in [-0.1, -0.05) is 42.0 Å². The summed E-state index contributed by atoms with van der Waals surface area (Å²) in [5, 5.41) is 0. The molecule has 0 heterocycles. The van der Waals surface area contributed by atoms with Gasteiger partial charge in [-0.25, -0.2) is 0 Å². The van der Waals surface area contributed by atoms with E-state index in [1.54, 1.807) is 0 Å². The maximum atomic E-state index is 5.45. The molecule has 0 aromatic heterocycles. The maximum absolute atomic E-state index is 5.45. The van der Waals surface area contributed by atoms with Gasteiger partial charge in [0.1, 0.15) is 0 Å². The second kappa shape index (κ2) is 6.69. The maximum Gasteiger partial charge on any atom is 0.0717 e. The summed E-state index contributed by atoms with van der Waals surface area (Å²) in [6.07, 6.45) is 0. The lowest BCUT2D eigenvalue weighted by molar-refractivity contribution is 0.128. The number of nitrogens with two attached hydrogens (primary N) is 1. The molecule has 0 saturated heterocycles. The average molecular weight is 269 g/mol. The van der Waals surface area contributed by atoms with Gasteiger partial charge in [0.25, 0.3) is 0 Å². The van der Waals surface area contributed by atoms with Gasteiger partial charge in [0.2, 0.25) is 0 Å². The van der Waals surface area contributed by atoms with E-state index >= 15 is 0 Å². The van der Waals surface area contributed by atoms with E-state index in [0.717, 1.165) is 0 Å². The minimum atomic E-state index is 0.569. The molecular formula is C18H23NO. The highest BCUT2D eigenvalue weighted by atomic mass is 16.5. The van der Waals surface area contributed by atoms with E-state index in [1.165, 1.54) is 33.4 Å². The summed E-state index contributed by atoms with van der Waals surface area (Å²) in [6.45, 7) is 8.30. The molecule has 20 heavy (non-hydrogen) atoms. The molecule has 2 aromatic carbocycles. The summed E-state index contributed by atoms with van der Waals surface area (Å²) < 4.78 is 5.45. The van der Waals surface area contributed by atoms with Gasteiger partial charge in [0, 0.05) is 6.54 Å². The van der Waals surface area contributed by atoms with Crippen molar-refractivity contribution < 1.29 is 4.74 Å². The Morgan fingerprint density at radius 3 is 2.10 bits per heavy atom. The minimum absolute atomic E-state index is 0.569. The molecule has 2 heteroatoms. The molecule has 0 radical (unpaired) electrons. The Hall–Kier alpha value is -1.64. The highest BCUT2D eigenvalue weighted by Crippen LogP contribution is 2.28. The van der Waals surface area contributed by atoms with Gasteiger partial charge in [0.05, 0.1) is 13.2 Å². The van der Waals surface area contributed by atoms with Gasteiger partial charge >= 0.3 is 0 Å². The first-order valence-corrected chi connectivity index (χ1v) is 7.07. The van der Waals surface area contributed by atoms with Crippen molar-refractivity contribution in [1.29, 1.82) is 0 Å². The third kappa shape index (κ3) is 3.47. The van der Waals surface area contributed by atoms with Gasteiger partial charge in [-0.15, -0.1) is 0 Å². The Morgan fingerprint density at radius 1 is 0.950 bits per heavy atom. The lowest BCUT2D eigenvalue weighted by atomic mass is 9.93. The molecule has 0 fully saturated rings. The molecule has 0 aliphatic heterocycles. The Labute approximate surface area is 121 Å². The van der Waals surface area contributed by atoms with E-state index < -0.39 is 0 Å². The van der Waals surface area contributed by atoms with Crippen LogP contribution in [0.3, 0.4) is 0 Å². The molecule has 106 valence electrons. The van der Waals surface area contributed by atoms with Crippen LogP contribution in [-0.4, -0.2) is 13.2 Å². The summed E-state index contributed by atoms with van der Waals surface area (Å²) in [4.78, 5) is 0. The van der Waals surface area contributed by atoms with Crippen molar-refractivity contribution in [3.8, 4) is 11.1 Å². The first kappa shape index (κ1) is 14.8. The summed E-state index contributed by atoms with van der Waals surface area (Å²) in [5.41, 5.74) is 13.2. The Kier molecular flexibility index (Phi) is 4.94. The fraction of sp³-hybridized carbons (Fsp3) is 0.333. The normalized spacial score (nSPS) is 10.8. The van der Waals surface area contributed by atoms with Crippen LogP contribution in [0.5, 0.6) is 0 Å². The zero-order valence-electron chi connectivity index (χ0n) is 12.6. The molecule has 0 aliphatic rings. The molecule has 0 atom stereocenters. The topological polar surface area (TPSA) is 35.2 Å². The predicted octanol–water partition coefficient (Wildman–Crippen LogP) is 3.75. The van der Waals surface area contributed by atoms with E-state index in [-0.39, 0.29) is 0 Å². The monoisotopic (exact) mass is 269 g/mol. The second-order valence-corrected chi connectivity index (χ2v) is 5.31. The minimum Gasteiger partial charge on any atom is -0.375 e. The first-order chi connectivity index (χ1) is 9.61. The van der Waals surface area contributed by atoms with E-state index in [2.05, 4.69) is 57.2 Å². The molecule has 2 rings (SSSR count). The molecule has 0 saturated carbocycles. The third-order valence-corrected chi connectivity index (χ3v) is 3.45. The van der Waals surface area contributed by atoms with Crippen molar-refractivity contribution in [2.75, 3.05) is 13.2 Å². The Bertz CT molecular complexity index is 549. The van der Waals surface area contributed by atoms with Gasteiger partial charge in [0.15, 0.2) is 0 Å². The lowest BCUT2D eigenvalue weighted by Crippen LogP contribution is -2.08. The zero-order valence-corrected chi connectivity index (χ0v) is 12.6. The predicted molar refractivity (Wildman–Crippen MR) is 84.8 cm³/mol. The fourth-order valence-corrected chi connectivity index (χ4v) is 2.68. The number of ether oxygens (including phenoxy) is 1. The quantitative estimate of drug-likeness (QED) is 0.839. The molecular weight excluding hydrogens is 246 g/mol.